The smallest absolute Gasteiger partial charge is 0.378 e. The number of halogens is 3. The van der Waals surface area contributed by atoms with E-state index in [1.54, 1.807) is 13.8 Å². The first kappa shape index (κ1) is 12.2. The highest BCUT2D eigenvalue weighted by molar-refractivity contribution is 5.77. The highest BCUT2D eigenvalue weighted by Gasteiger charge is 2.44. The van der Waals surface area contributed by atoms with Crippen LogP contribution in [0.1, 0.15) is 13.8 Å². The van der Waals surface area contributed by atoms with Crippen molar-refractivity contribution in [2.24, 2.45) is 5.92 Å². The van der Waals surface area contributed by atoms with E-state index in [0.29, 0.717) is 0 Å². The molecule has 0 aliphatic rings. The third kappa shape index (κ3) is 3.63. The zero-order chi connectivity index (χ0) is 10.5. The largest absolute Gasteiger partial charge is 0.461 e. The molecule has 0 saturated carbocycles. The van der Waals surface area contributed by atoms with Crippen LogP contribution >= 0.6 is 0 Å². The molecule has 0 aromatic heterocycles. The van der Waals surface area contributed by atoms with Crippen LogP contribution in [-0.4, -0.2) is 25.1 Å². The molecule has 0 aromatic carbocycles. The number of alkyl halides is 2. The van der Waals surface area contributed by atoms with Crippen LogP contribution in [0.15, 0.2) is 0 Å². The molecule has 0 N–H and O–H groups in total. The molecular formula is C7H11F3O3. The van der Waals surface area contributed by atoms with Crippen molar-refractivity contribution in [1.82, 2.24) is 0 Å². The number of rotatable bonds is 5. The standard InChI is InChI=1S/C7H11F3O3/c1-5(2)3-12-6(11)7(9,4-8)13-10/h5H,3-4H2,1-2H3. The van der Waals surface area contributed by atoms with Gasteiger partial charge in [0.15, 0.2) is 6.67 Å². The summed E-state index contributed by atoms with van der Waals surface area (Å²) in [6.07, 6.45) is 0. The van der Waals surface area contributed by atoms with E-state index in [1.807, 2.05) is 0 Å². The fourth-order valence-electron chi connectivity index (χ4n) is 0.457. The highest BCUT2D eigenvalue weighted by atomic mass is 19.3. The van der Waals surface area contributed by atoms with Crippen molar-refractivity contribution in [1.29, 1.82) is 0 Å². The Bertz CT molecular complexity index is 168. The van der Waals surface area contributed by atoms with E-state index in [1.165, 1.54) is 0 Å². The van der Waals surface area contributed by atoms with Crippen LogP contribution in [0.2, 0.25) is 0 Å². The van der Waals surface area contributed by atoms with Crippen molar-refractivity contribution in [2.45, 2.75) is 19.7 Å². The molecular weight excluding hydrogens is 189 g/mol. The van der Waals surface area contributed by atoms with Gasteiger partial charge in [-0.3, -0.25) is 0 Å². The summed E-state index contributed by atoms with van der Waals surface area (Å²) < 4.78 is 40.1. The van der Waals surface area contributed by atoms with Crippen LogP contribution in [0.4, 0.5) is 13.3 Å². The van der Waals surface area contributed by atoms with Crippen molar-refractivity contribution in [3.63, 3.8) is 0 Å². The minimum absolute atomic E-state index is 0.0487. The maximum absolute atomic E-state index is 12.6. The predicted octanol–water partition coefficient (Wildman–Crippen LogP) is 1.72. The fraction of sp³-hybridized carbons (Fsp3) is 0.857. The predicted molar refractivity (Wildman–Crippen MR) is 37.8 cm³/mol. The molecule has 0 amide bonds. The number of carbonyl (C=O) groups is 1. The molecule has 3 nitrogen and oxygen atoms in total. The van der Waals surface area contributed by atoms with Gasteiger partial charge in [-0.2, -0.15) is 4.39 Å². The minimum atomic E-state index is -3.62. The van der Waals surface area contributed by atoms with E-state index in [0.717, 1.165) is 0 Å². The van der Waals surface area contributed by atoms with E-state index in [-0.39, 0.29) is 12.5 Å². The first-order valence-corrected chi connectivity index (χ1v) is 3.68. The normalized spacial score (nSPS) is 15.5. The molecule has 0 radical (unpaired) electrons. The summed E-state index contributed by atoms with van der Waals surface area (Å²) in [7, 11) is 0. The van der Waals surface area contributed by atoms with Crippen molar-refractivity contribution in [3.8, 4) is 0 Å². The second kappa shape index (κ2) is 5.06. The summed E-state index contributed by atoms with van der Waals surface area (Å²) in [5, 5.41) is 0. The first-order valence-electron chi connectivity index (χ1n) is 3.68. The second-order valence-corrected chi connectivity index (χ2v) is 2.93. The molecule has 1 atom stereocenters. The van der Waals surface area contributed by atoms with E-state index < -0.39 is 18.5 Å². The van der Waals surface area contributed by atoms with Gasteiger partial charge in [-0.15, -0.1) is 4.94 Å². The van der Waals surface area contributed by atoms with Crippen molar-refractivity contribution in [3.05, 3.63) is 0 Å². The van der Waals surface area contributed by atoms with Gasteiger partial charge in [0.05, 0.1) is 6.61 Å². The van der Waals surface area contributed by atoms with Crippen molar-refractivity contribution < 1.29 is 27.8 Å². The number of hydrogen-bond donors (Lipinski definition) is 0. The fourth-order valence-corrected chi connectivity index (χ4v) is 0.457. The summed E-state index contributed by atoms with van der Waals surface area (Å²) in [4.78, 5) is 13.2. The maximum atomic E-state index is 12.6. The van der Waals surface area contributed by atoms with Gasteiger partial charge < -0.3 is 4.74 Å². The first-order chi connectivity index (χ1) is 5.96. The molecule has 0 fully saturated rings. The van der Waals surface area contributed by atoms with Crippen LogP contribution in [-0.2, 0) is 14.5 Å². The molecule has 13 heavy (non-hydrogen) atoms. The third-order valence-corrected chi connectivity index (χ3v) is 1.15. The molecule has 1 unspecified atom stereocenters. The lowest BCUT2D eigenvalue weighted by molar-refractivity contribution is -0.294. The average Bonchev–Trinajstić information content (AvgIpc) is 2.12. The Labute approximate surface area is 73.7 Å². The van der Waals surface area contributed by atoms with Gasteiger partial charge in [-0.25, -0.2) is 9.18 Å². The van der Waals surface area contributed by atoms with Crippen LogP contribution in [0, 0.1) is 5.92 Å². The Morgan fingerprint density at radius 3 is 2.38 bits per heavy atom. The molecule has 0 spiro atoms. The summed E-state index contributed by atoms with van der Waals surface area (Å²) in [6, 6.07) is 0. The second-order valence-electron chi connectivity index (χ2n) is 2.93. The topological polar surface area (TPSA) is 35.5 Å². The molecule has 0 aliphatic heterocycles. The van der Waals surface area contributed by atoms with Gasteiger partial charge in [0.25, 0.3) is 0 Å². The number of esters is 1. The van der Waals surface area contributed by atoms with Crippen molar-refractivity contribution in [2.75, 3.05) is 13.3 Å². The molecule has 0 rings (SSSR count). The zero-order valence-corrected chi connectivity index (χ0v) is 7.35. The van der Waals surface area contributed by atoms with Crippen LogP contribution < -0.4 is 0 Å². The molecule has 0 saturated heterocycles. The van der Waals surface area contributed by atoms with Crippen LogP contribution in [0.25, 0.3) is 0 Å². The Hall–Kier alpha value is -0.780. The highest BCUT2D eigenvalue weighted by Crippen LogP contribution is 2.17. The monoisotopic (exact) mass is 200 g/mol. The molecule has 0 aromatic rings. The lowest BCUT2D eigenvalue weighted by Gasteiger charge is -2.15. The summed E-state index contributed by atoms with van der Waals surface area (Å²) in [5.41, 5.74) is 0. The summed E-state index contributed by atoms with van der Waals surface area (Å²) in [5.74, 6) is -5.35. The quantitative estimate of drug-likeness (QED) is 0.634. The number of ether oxygens (including phenoxy) is 1. The van der Waals surface area contributed by atoms with Crippen molar-refractivity contribution >= 4 is 5.97 Å². The van der Waals surface area contributed by atoms with E-state index in [4.69, 9.17) is 0 Å². The third-order valence-electron chi connectivity index (χ3n) is 1.15. The Morgan fingerprint density at radius 2 is 2.08 bits per heavy atom. The zero-order valence-electron chi connectivity index (χ0n) is 7.35. The minimum Gasteiger partial charge on any atom is -0.461 e. The van der Waals surface area contributed by atoms with E-state index in [2.05, 4.69) is 9.68 Å². The molecule has 0 heterocycles. The molecule has 0 aliphatic carbocycles. The molecule has 78 valence electrons. The summed E-state index contributed by atoms with van der Waals surface area (Å²) >= 11 is 0. The lowest BCUT2D eigenvalue weighted by Crippen LogP contribution is -2.39. The van der Waals surface area contributed by atoms with E-state index in [9.17, 15) is 18.1 Å². The van der Waals surface area contributed by atoms with Gasteiger partial charge in [0, 0.05) is 0 Å². The van der Waals surface area contributed by atoms with Gasteiger partial charge >= 0.3 is 11.8 Å². The number of carbonyl (C=O) groups excluding carboxylic acids is 1. The van der Waals surface area contributed by atoms with Crippen LogP contribution in [0.5, 0.6) is 0 Å². The summed E-state index contributed by atoms with van der Waals surface area (Å²) in [6.45, 7) is 1.35. The Morgan fingerprint density at radius 1 is 1.54 bits per heavy atom. The van der Waals surface area contributed by atoms with E-state index >= 15 is 0 Å². The molecule has 6 heteroatoms. The van der Waals surface area contributed by atoms with Gasteiger partial charge in [0.2, 0.25) is 0 Å². The SMILES string of the molecule is CC(C)COC(=O)C(F)(CF)OF. The number of hydrogen-bond acceptors (Lipinski definition) is 3. The van der Waals surface area contributed by atoms with Gasteiger partial charge in [-0.1, -0.05) is 13.8 Å². The van der Waals surface area contributed by atoms with Gasteiger partial charge in [0.1, 0.15) is 0 Å². The Balaban J connectivity index is 4.07. The average molecular weight is 200 g/mol. The molecule has 0 bridgehead atoms. The maximum Gasteiger partial charge on any atom is 0.378 e. The van der Waals surface area contributed by atoms with Crippen LogP contribution in [0.3, 0.4) is 0 Å². The lowest BCUT2D eigenvalue weighted by atomic mass is 10.2. The Kier molecular flexibility index (Phi) is 4.76. The van der Waals surface area contributed by atoms with Gasteiger partial charge in [-0.05, 0) is 10.4 Å².